The Morgan fingerprint density at radius 1 is 1.31 bits per heavy atom. The summed E-state index contributed by atoms with van der Waals surface area (Å²) in [4.78, 5) is 23.6. The van der Waals surface area contributed by atoms with E-state index >= 15 is 0 Å². The van der Waals surface area contributed by atoms with Crippen molar-refractivity contribution in [2.75, 3.05) is 26.7 Å². The fraction of sp³-hybridized carbons (Fsp3) is 0.529. The number of hydrogen-bond acceptors (Lipinski definition) is 5. The van der Waals surface area contributed by atoms with Gasteiger partial charge in [-0.2, -0.15) is 4.31 Å². The van der Waals surface area contributed by atoms with Crippen molar-refractivity contribution in [2.45, 2.75) is 31.1 Å². The first-order chi connectivity index (χ1) is 12.3. The molecule has 0 aliphatic carbocycles. The number of hydrogen-bond donors (Lipinski definition) is 2. The van der Waals surface area contributed by atoms with Gasteiger partial charge in [0.05, 0.1) is 17.6 Å². The van der Waals surface area contributed by atoms with Gasteiger partial charge in [0.15, 0.2) is 0 Å². The van der Waals surface area contributed by atoms with Crippen molar-refractivity contribution >= 4 is 21.8 Å². The van der Waals surface area contributed by atoms with Crippen LogP contribution in [0.3, 0.4) is 0 Å². The van der Waals surface area contributed by atoms with Crippen molar-refractivity contribution in [1.82, 2.24) is 9.62 Å². The maximum atomic E-state index is 12.9. The fourth-order valence-electron chi connectivity index (χ4n) is 2.89. The largest absolute Gasteiger partial charge is 0.496 e. The van der Waals surface area contributed by atoms with Gasteiger partial charge < -0.3 is 15.8 Å². The summed E-state index contributed by atoms with van der Waals surface area (Å²) in [6.45, 7) is 2.85. The number of ether oxygens (including phenoxy) is 1. The molecule has 0 spiro atoms. The summed E-state index contributed by atoms with van der Waals surface area (Å²) in [7, 11) is -2.34. The summed E-state index contributed by atoms with van der Waals surface area (Å²) < 4.78 is 32.3. The number of primary amides is 1. The predicted molar refractivity (Wildman–Crippen MR) is 96.3 cm³/mol. The SMILES string of the molecule is CCCNC(=O)c1cc(S(=O)(=O)N2CCC(C(N)=O)CC2)ccc1OC. The van der Waals surface area contributed by atoms with Crippen LogP contribution in [0.15, 0.2) is 23.1 Å². The third-order valence-corrected chi connectivity index (χ3v) is 6.34. The Labute approximate surface area is 153 Å². The molecule has 1 saturated heterocycles. The van der Waals surface area contributed by atoms with Crippen molar-refractivity contribution in [3.63, 3.8) is 0 Å². The monoisotopic (exact) mass is 383 g/mol. The smallest absolute Gasteiger partial charge is 0.255 e. The lowest BCUT2D eigenvalue weighted by atomic mass is 9.98. The molecule has 1 aliphatic heterocycles. The lowest BCUT2D eigenvalue weighted by molar-refractivity contribution is -0.122. The van der Waals surface area contributed by atoms with Gasteiger partial charge in [-0.15, -0.1) is 0 Å². The first-order valence-electron chi connectivity index (χ1n) is 8.57. The molecular formula is C17H25N3O5S. The number of nitrogens with two attached hydrogens (primary N) is 1. The molecule has 2 rings (SSSR count). The number of methoxy groups -OCH3 is 1. The second-order valence-electron chi connectivity index (χ2n) is 6.20. The molecule has 26 heavy (non-hydrogen) atoms. The van der Waals surface area contributed by atoms with Crippen molar-refractivity contribution in [3.8, 4) is 5.75 Å². The average molecular weight is 383 g/mol. The fourth-order valence-corrected chi connectivity index (χ4v) is 4.38. The quantitative estimate of drug-likeness (QED) is 0.719. The summed E-state index contributed by atoms with van der Waals surface area (Å²) in [5, 5.41) is 2.72. The van der Waals surface area contributed by atoms with E-state index in [0.29, 0.717) is 25.1 Å². The van der Waals surface area contributed by atoms with Crippen LogP contribution in [0, 0.1) is 5.92 Å². The third-order valence-electron chi connectivity index (χ3n) is 4.45. The van der Waals surface area contributed by atoms with Crippen molar-refractivity contribution in [1.29, 1.82) is 0 Å². The van der Waals surface area contributed by atoms with Crippen molar-refractivity contribution in [3.05, 3.63) is 23.8 Å². The molecule has 144 valence electrons. The molecule has 1 aromatic rings. The van der Waals surface area contributed by atoms with E-state index in [4.69, 9.17) is 10.5 Å². The Bertz CT molecular complexity index is 771. The molecule has 3 N–H and O–H groups in total. The standard InChI is InChI=1S/C17H25N3O5S/c1-3-8-19-17(22)14-11-13(4-5-15(14)25-2)26(23,24)20-9-6-12(7-10-20)16(18)21/h4-5,11-12H,3,6-10H2,1-2H3,(H2,18,21)(H,19,22). The zero-order chi connectivity index (χ0) is 19.3. The molecule has 1 heterocycles. The highest BCUT2D eigenvalue weighted by molar-refractivity contribution is 7.89. The minimum atomic E-state index is -3.77. The van der Waals surface area contributed by atoms with E-state index in [-0.39, 0.29) is 35.4 Å². The number of amides is 2. The van der Waals surface area contributed by atoms with Gasteiger partial charge in [0, 0.05) is 25.6 Å². The molecular weight excluding hydrogens is 358 g/mol. The van der Waals surface area contributed by atoms with Crippen LogP contribution in [-0.2, 0) is 14.8 Å². The topological polar surface area (TPSA) is 119 Å². The Morgan fingerprint density at radius 3 is 2.50 bits per heavy atom. The molecule has 2 amide bonds. The molecule has 0 bridgehead atoms. The maximum Gasteiger partial charge on any atom is 0.255 e. The molecule has 0 saturated carbocycles. The van der Waals surface area contributed by atoms with Crippen LogP contribution in [0.2, 0.25) is 0 Å². The van der Waals surface area contributed by atoms with Gasteiger partial charge in [-0.3, -0.25) is 9.59 Å². The van der Waals surface area contributed by atoms with Crippen LogP contribution in [0.4, 0.5) is 0 Å². The van der Waals surface area contributed by atoms with Crippen molar-refractivity contribution < 1.29 is 22.7 Å². The van der Waals surface area contributed by atoms with Crippen LogP contribution in [0.25, 0.3) is 0 Å². The van der Waals surface area contributed by atoms with E-state index in [1.807, 2.05) is 6.92 Å². The highest BCUT2D eigenvalue weighted by Crippen LogP contribution is 2.27. The Balaban J connectivity index is 2.27. The number of nitrogens with one attached hydrogen (secondary N) is 1. The minimum absolute atomic E-state index is 0.0254. The first kappa shape index (κ1) is 20.2. The van der Waals surface area contributed by atoms with Crippen molar-refractivity contribution in [2.24, 2.45) is 11.7 Å². The van der Waals surface area contributed by atoms with Crippen LogP contribution in [0.1, 0.15) is 36.5 Å². The van der Waals surface area contributed by atoms with Gasteiger partial charge >= 0.3 is 0 Å². The molecule has 1 aromatic carbocycles. The number of benzene rings is 1. The zero-order valence-corrected chi connectivity index (χ0v) is 15.8. The van der Waals surface area contributed by atoms with Gasteiger partial charge in [0.2, 0.25) is 15.9 Å². The molecule has 0 unspecified atom stereocenters. The number of carbonyl (C=O) groups excluding carboxylic acids is 2. The summed E-state index contributed by atoms with van der Waals surface area (Å²) in [5.41, 5.74) is 5.47. The summed E-state index contributed by atoms with van der Waals surface area (Å²) in [5.74, 6) is -0.771. The Hall–Kier alpha value is -2.13. The molecule has 9 heteroatoms. The second kappa shape index (κ2) is 8.50. The van der Waals surface area contributed by atoms with Gasteiger partial charge in [-0.05, 0) is 37.5 Å². The second-order valence-corrected chi connectivity index (χ2v) is 8.14. The van der Waals surface area contributed by atoms with E-state index in [9.17, 15) is 18.0 Å². The number of sulfonamides is 1. The van der Waals surface area contributed by atoms with E-state index in [1.165, 1.54) is 29.6 Å². The summed E-state index contributed by atoms with van der Waals surface area (Å²) in [6.07, 6.45) is 1.56. The van der Waals surface area contributed by atoms with Crippen LogP contribution < -0.4 is 15.8 Å². The molecule has 1 aliphatic rings. The average Bonchev–Trinajstić information content (AvgIpc) is 2.65. The van der Waals surface area contributed by atoms with Gasteiger partial charge in [0.25, 0.3) is 5.91 Å². The van der Waals surface area contributed by atoms with Crippen LogP contribution in [0.5, 0.6) is 5.75 Å². The van der Waals surface area contributed by atoms with Gasteiger partial charge in [0.1, 0.15) is 5.75 Å². The lowest BCUT2D eigenvalue weighted by Gasteiger charge is -2.29. The zero-order valence-electron chi connectivity index (χ0n) is 15.0. The minimum Gasteiger partial charge on any atom is -0.496 e. The Kier molecular flexibility index (Phi) is 6.60. The molecule has 1 fully saturated rings. The number of rotatable bonds is 7. The number of piperidine rings is 1. The number of carbonyl (C=O) groups is 2. The summed E-state index contributed by atoms with van der Waals surface area (Å²) >= 11 is 0. The summed E-state index contributed by atoms with van der Waals surface area (Å²) in [6, 6.07) is 4.23. The first-order valence-corrected chi connectivity index (χ1v) is 10.0. The molecule has 0 radical (unpaired) electrons. The molecule has 0 aromatic heterocycles. The normalized spacial score (nSPS) is 16.2. The van der Waals surface area contributed by atoms with Gasteiger partial charge in [-0.25, -0.2) is 8.42 Å². The predicted octanol–water partition coefficient (Wildman–Crippen LogP) is 0.721. The Morgan fingerprint density at radius 2 is 1.96 bits per heavy atom. The maximum absolute atomic E-state index is 12.9. The molecule has 0 atom stereocenters. The highest BCUT2D eigenvalue weighted by Gasteiger charge is 2.32. The van der Waals surface area contributed by atoms with Crippen LogP contribution >= 0.6 is 0 Å². The third kappa shape index (κ3) is 4.34. The number of nitrogens with zero attached hydrogens (tertiary/aromatic N) is 1. The van der Waals surface area contributed by atoms with Gasteiger partial charge in [-0.1, -0.05) is 6.92 Å². The van der Waals surface area contributed by atoms with E-state index in [1.54, 1.807) is 0 Å². The van der Waals surface area contributed by atoms with Crippen LogP contribution in [-0.4, -0.2) is 51.3 Å². The lowest BCUT2D eigenvalue weighted by Crippen LogP contribution is -2.41. The van der Waals surface area contributed by atoms with E-state index < -0.39 is 15.9 Å². The highest BCUT2D eigenvalue weighted by atomic mass is 32.2. The van der Waals surface area contributed by atoms with E-state index in [2.05, 4.69) is 5.32 Å². The molecule has 8 nitrogen and oxygen atoms in total. The van der Waals surface area contributed by atoms with E-state index in [0.717, 1.165) is 6.42 Å².